The third-order valence-electron chi connectivity index (χ3n) is 2.57. The zero-order valence-electron chi connectivity index (χ0n) is 8.66. The fraction of sp³-hybridized carbons (Fsp3) is 0.778. The minimum Gasteiger partial charge on any atom is -0.334 e. The number of rotatable bonds is 3. The maximum Gasteiger partial charge on any atom is 0.321 e. The fourth-order valence-corrected chi connectivity index (χ4v) is 1.77. The lowest BCUT2D eigenvalue weighted by atomic mass is 10.3. The third-order valence-corrected chi connectivity index (χ3v) is 2.57. The number of hydrogen-bond donors (Lipinski definition) is 1. The van der Waals surface area contributed by atoms with E-state index in [2.05, 4.69) is 27.3 Å². The van der Waals surface area contributed by atoms with Gasteiger partial charge in [0.2, 0.25) is 0 Å². The highest BCUT2D eigenvalue weighted by Gasteiger charge is 2.22. The minimum absolute atomic E-state index is 0.454. The normalized spacial score (nSPS) is 22.9. The van der Waals surface area contributed by atoms with Crippen molar-refractivity contribution in [3.63, 3.8) is 0 Å². The van der Waals surface area contributed by atoms with E-state index in [4.69, 9.17) is 4.52 Å². The number of nitrogens with one attached hydrogen (secondary N) is 1. The van der Waals surface area contributed by atoms with Crippen LogP contribution in [0.15, 0.2) is 4.52 Å². The van der Waals surface area contributed by atoms with Gasteiger partial charge in [0, 0.05) is 19.1 Å². The molecule has 78 valence electrons. The van der Waals surface area contributed by atoms with Crippen molar-refractivity contribution >= 4 is 6.01 Å². The van der Waals surface area contributed by atoms with Crippen molar-refractivity contribution in [2.45, 2.75) is 26.3 Å². The quantitative estimate of drug-likeness (QED) is 0.778. The summed E-state index contributed by atoms with van der Waals surface area (Å²) in [6.07, 6.45) is 1.15. The summed E-state index contributed by atoms with van der Waals surface area (Å²) in [4.78, 5) is 6.52. The van der Waals surface area contributed by atoms with Crippen molar-refractivity contribution in [3.05, 3.63) is 5.82 Å². The molecule has 1 fully saturated rings. The Hall–Kier alpha value is -1.10. The van der Waals surface area contributed by atoms with Crippen LogP contribution in [-0.4, -0.2) is 40.7 Å². The topological polar surface area (TPSA) is 54.2 Å². The molecule has 0 aromatic carbocycles. The van der Waals surface area contributed by atoms with Gasteiger partial charge in [-0.25, -0.2) is 0 Å². The molecular formula is C9H16N4O. The zero-order chi connectivity index (χ0) is 9.97. The second-order valence-electron chi connectivity index (χ2n) is 3.67. The first-order valence-electron chi connectivity index (χ1n) is 5.07. The van der Waals surface area contributed by atoms with Gasteiger partial charge in [0.25, 0.3) is 0 Å². The summed E-state index contributed by atoms with van der Waals surface area (Å²) in [5, 5.41) is 6.98. The predicted molar refractivity (Wildman–Crippen MR) is 53.2 cm³/mol. The van der Waals surface area contributed by atoms with Crippen molar-refractivity contribution in [1.29, 1.82) is 0 Å². The number of nitrogens with zero attached hydrogens (tertiary/aromatic N) is 3. The van der Waals surface area contributed by atoms with Crippen molar-refractivity contribution < 1.29 is 4.52 Å². The van der Waals surface area contributed by atoms with Crippen LogP contribution in [0.4, 0.5) is 6.01 Å². The molecule has 1 aromatic rings. The van der Waals surface area contributed by atoms with E-state index in [1.54, 1.807) is 0 Å². The number of likely N-dealkylation sites (N-methyl/N-ethyl adjacent to an activating group) is 1. The van der Waals surface area contributed by atoms with Gasteiger partial charge in [-0.3, -0.25) is 0 Å². The molecule has 1 aliphatic heterocycles. The van der Waals surface area contributed by atoms with Crippen LogP contribution < -0.4 is 5.32 Å². The van der Waals surface area contributed by atoms with E-state index < -0.39 is 0 Å². The van der Waals surface area contributed by atoms with Gasteiger partial charge in [-0.05, 0) is 19.9 Å². The molecule has 0 aliphatic carbocycles. The molecule has 0 amide bonds. The molecule has 1 aliphatic rings. The Kier molecular flexibility index (Phi) is 2.67. The van der Waals surface area contributed by atoms with Gasteiger partial charge in [0.05, 0.1) is 0 Å². The molecule has 0 spiro atoms. The maximum atomic E-state index is 5.00. The smallest absolute Gasteiger partial charge is 0.321 e. The van der Waals surface area contributed by atoms with E-state index in [1.165, 1.54) is 0 Å². The lowest BCUT2D eigenvalue weighted by Gasteiger charge is -2.12. The van der Waals surface area contributed by atoms with E-state index in [-0.39, 0.29) is 0 Å². The summed E-state index contributed by atoms with van der Waals surface area (Å²) >= 11 is 0. The highest BCUT2D eigenvalue weighted by molar-refractivity contribution is 5.21. The Balaban J connectivity index is 1.87. The van der Waals surface area contributed by atoms with Crippen LogP contribution >= 0.6 is 0 Å². The number of aryl methyl sites for hydroxylation is 1. The molecular weight excluding hydrogens is 180 g/mol. The molecule has 2 rings (SSSR count). The zero-order valence-corrected chi connectivity index (χ0v) is 8.66. The first-order valence-corrected chi connectivity index (χ1v) is 5.07. The molecule has 5 nitrogen and oxygen atoms in total. The largest absolute Gasteiger partial charge is 0.334 e. The molecule has 1 atom stereocenters. The second-order valence-corrected chi connectivity index (χ2v) is 3.67. The van der Waals surface area contributed by atoms with Crippen molar-refractivity contribution in [2.24, 2.45) is 0 Å². The Labute approximate surface area is 83.5 Å². The van der Waals surface area contributed by atoms with Crippen LogP contribution in [0.2, 0.25) is 0 Å². The first-order chi connectivity index (χ1) is 6.78. The van der Waals surface area contributed by atoms with Crippen molar-refractivity contribution in [2.75, 3.05) is 25.0 Å². The molecule has 1 N–H and O–H groups in total. The van der Waals surface area contributed by atoms with Gasteiger partial charge in [-0.15, -0.1) is 0 Å². The van der Waals surface area contributed by atoms with Crippen LogP contribution in [-0.2, 0) is 0 Å². The number of hydrogen-bond acceptors (Lipinski definition) is 5. The standard InChI is InChI=1S/C9H16N4O/c1-3-13-5-4-8(6-13)11-9-10-7(2)12-14-9/h8H,3-6H2,1-2H3,(H,10,11,12). The van der Waals surface area contributed by atoms with E-state index in [0.717, 1.165) is 26.1 Å². The van der Waals surface area contributed by atoms with E-state index in [9.17, 15) is 0 Å². The van der Waals surface area contributed by atoms with E-state index in [0.29, 0.717) is 17.9 Å². The van der Waals surface area contributed by atoms with Crippen LogP contribution in [0.5, 0.6) is 0 Å². The van der Waals surface area contributed by atoms with E-state index in [1.807, 2.05) is 6.92 Å². The van der Waals surface area contributed by atoms with Gasteiger partial charge >= 0.3 is 6.01 Å². The SMILES string of the molecule is CCN1CCC(Nc2nc(C)no2)C1. The van der Waals surface area contributed by atoms with Crippen LogP contribution in [0.25, 0.3) is 0 Å². The van der Waals surface area contributed by atoms with E-state index >= 15 is 0 Å². The molecule has 2 heterocycles. The molecule has 1 unspecified atom stereocenters. The van der Waals surface area contributed by atoms with Gasteiger partial charge in [0.15, 0.2) is 5.82 Å². The van der Waals surface area contributed by atoms with Gasteiger partial charge in [-0.2, -0.15) is 4.98 Å². The second kappa shape index (κ2) is 3.96. The summed E-state index contributed by atoms with van der Waals surface area (Å²) in [5.74, 6) is 0.679. The summed E-state index contributed by atoms with van der Waals surface area (Å²) in [6, 6.07) is 1.00. The molecule has 14 heavy (non-hydrogen) atoms. The average molecular weight is 196 g/mol. The van der Waals surface area contributed by atoms with Gasteiger partial charge in [-0.1, -0.05) is 12.1 Å². The summed E-state index contributed by atoms with van der Waals surface area (Å²) in [6.45, 7) is 7.33. The Morgan fingerprint density at radius 1 is 1.64 bits per heavy atom. The highest BCUT2D eigenvalue weighted by atomic mass is 16.5. The highest BCUT2D eigenvalue weighted by Crippen LogP contribution is 2.13. The Morgan fingerprint density at radius 3 is 3.07 bits per heavy atom. The van der Waals surface area contributed by atoms with Crippen molar-refractivity contribution in [1.82, 2.24) is 15.0 Å². The van der Waals surface area contributed by atoms with Gasteiger partial charge in [0.1, 0.15) is 0 Å². The molecule has 0 saturated carbocycles. The number of anilines is 1. The van der Waals surface area contributed by atoms with Crippen LogP contribution in [0.1, 0.15) is 19.2 Å². The predicted octanol–water partition coefficient (Wildman–Crippen LogP) is 0.884. The lowest BCUT2D eigenvalue weighted by Crippen LogP contribution is -2.26. The maximum absolute atomic E-state index is 5.00. The molecule has 5 heteroatoms. The molecule has 0 bridgehead atoms. The Morgan fingerprint density at radius 2 is 2.50 bits per heavy atom. The third kappa shape index (κ3) is 2.04. The summed E-state index contributed by atoms with van der Waals surface area (Å²) in [5.41, 5.74) is 0. The summed E-state index contributed by atoms with van der Waals surface area (Å²) < 4.78 is 5.00. The molecule has 0 radical (unpaired) electrons. The number of likely N-dealkylation sites (tertiary alicyclic amines) is 1. The van der Waals surface area contributed by atoms with Gasteiger partial charge < -0.3 is 14.7 Å². The number of aromatic nitrogens is 2. The monoisotopic (exact) mass is 196 g/mol. The Bertz CT molecular complexity index is 299. The fourth-order valence-electron chi connectivity index (χ4n) is 1.77. The lowest BCUT2D eigenvalue weighted by molar-refractivity contribution is 0.354. The molecule has 1 aromatic heterocycles. The molecule has 1 saturated heterocycles. The van der Waals surface area contributed by atoms with Crippen LogP contribution in [0, 0.1) is 6.92 Å². The van der Waals surface area contributed by atoms with Crippen molar-refractivity contribution in [3.8, 4) is 0 Å². The summed E-state index contributed by atoms with van der Waals surface area (Å²) in [7, 11) is 0. The first kappa shape index (κ1) is 9.45. The van der Waals surface area contributed by atoms with Crippen LogP contribution in [0.3, 0.4) is 0 Å². The average Bonchev–Trinajstić information content (AvgIpc) is 2.76. The minimum atomic E-state index is 0.454.